The second-order valence-corrected chi connectivity index (χ2v) is 7.89. The van der Waals surface area contributed by atoms with E-state index in [0.29, 0.717) is 12.8 Å². The molecule has 0 fully saturated rings. The Kier molecular flexibility index (Phi) is 18.2. The lowest BCUT2D eigenvalue weighted by Gasteiger charge is -2.04. The molecule has 0 bridgehead atoms. The van der Waals surface area contributed by atoms with Crippen LogP contribution < -0.4 is 0 Å². The van der Waals surface area contributed by atoms with E-state index in [1.807, 2.05) is 21.6 Å². The van der Waals surface area contributed by atoms with Crippen molar-refractivity contribution >= 4 is 45.9 Å². The van der Waals surface area contributed by atoms with Gasteiger partial charge in [-0.15, -0.1) is 0 Å². The molecule has 0 saturated carbocycles. The van der Waals surface area contributed by atoms with Crippen LogP contribution in [0.2, 0.25) is 0 Å². The summed E-state index contributed by atoms with van der Waals surface area (Å²) >= 11 is 0. The highest BCUT2D eigenvalue weighted by Gasteiger charge is 2.04. The maximum absolute atomic E-state index is 10.2. The molecule has 10 heteroatoms. The van der Waals surface area contributed by atoms with Gasteiger partial charge in [-0.3, -0.25) is 0 Å². The van der Waals surface area contributed by atoms with Crippen molar-refractivity contribution in [1.82, 2.24) is 0 Å². The molecule has 0 aromatic rings. The van der Waals surface area contributed by atoms with Gasteiger partial charge < -0.3 is 0 Å². The summed E-state index contributed by atoms with van der Waals surface area (Å²) in [6.07, 6.45) is 11.3. The number of aliphatic imine (C=N–C) groups is 4. The van der Waals surface area contributed by atoms with Crippen molar-refractivity contribution < 1.29 is 19.2 Å². The van der Waals surface area contributed by atoms with Crippen LogP contribution in [-0.4, -0.2) is 48.2 Å². The lowest BCUT2D eigenvalue weighted by Crippen LogP contribution is -1.99. The molecule has 0 N–H and O–H groups in total. The average molecular weight is 399 g/mol. The number of hydrogen-bond acceptors (Lipinski definition) is 10. The maximum atomic E-state index is 10.2. The summed E-state index contributed by atoms with van der Waals surface area (Å²) in [6, 6.07) is 0. The third-order valence-electron chi connectivity index (χ3n) is 3.27. The molecule has 0 heterocycles. The van der Waals surface area contributed by atoms with Gasteiger partial charge in [0.25, 0.3) is 0 Å². The summed E-state index contributed by atoms with van der Waals surface area (Å²) < 4.78 is 0. The highest BCUT2D eigenvalue weighted by atomic mass is 33.1. The zero-order valence-corrected chi connectivity index (χ0v) is 16.1. The van der Waals surface area contributed by atoms with Crippen LogP contribution in [0.5, 0.6) is 0 Å². The molecule has 142 valence electrons. The second-order valence-electron chi connectivity index (χ2n) is 5.19. The predicted molar refractivity (Wildman–Crippen MR) is 102 cm³/mol. The number of unbranched alkanes of at least 4 members (excludes halogenated alkanes) is 4. The Morgan fingerprint density at radius 1 is 0.538 bits per heavy atom. The fourth-order valence-corrected chi connectivity index (χ4v) is 4.30. The Bertz CT molecular complexity index is 479. The monoisotopic (exact) mass is 398 g/mol. The van der Waals surface area contributed by atoms with Gasteiger partial charge in [-0.05, 0) is 38.5 Å². The van der Waals surface area contributed by atoms with Gasteiger partial charge >= 0.3 is 0 Å². The summed E-state index contributed by atoms with van der Waals surface area (Å²) in [6.45, 7) is 0. The van der Waals surface area contributed by atoms with Crippen LogP contribution in [-0.2, 0) is 19.2 Å². The van der Waals surface area contributed by atoms with Gasteiger partial charge in [0.1, 0.15) is 0 Å². The first kappa shape index (κ1) is 24.2. The quantitative estimate of drug-likeness (QED) is 0.160. The number of isocyanates is 4. The summed E-state index contributed by atoms with van der Waals surface area (Å²) in [4.78, 5) is 54.4. The van der Waals surface area contributed by atoms with Gasteiger partial charge in [0.2, 0.25) is 24.3 Å². The standard InChI is InChI=1S/C16H22N4O4S2/c21-11-17-15(18-12-22)7-3-1-5-9-25-26-10-6-2-4-8-16(19-13-23)20-14-24/h15-16H,1-10H2. The smallest absolute Gasteiger partial charge is 0.211 e. The van der Waals surface area contributed by atoms with Gasteiger partial charge in [0.05, 0.1) is 0 Å². The van der Waals surface area contributed by atoms with Crippen molar-refractivity contribution in [1.29, 1.82) is 0 Å². The van der Waals surface area contributed by atoms with Crippen molar-refractivity contribution in [3.05, 3.63) is 0 Å². The van der Waals surface area contributed by atoms with E-state index in [1.54, 1.807) is 0 Å². The zero-order chi connectivity index (χ0) is 19.3. The fraction of sp³-hybridized carbons (Fsp3) is 0.750. The molecular weight excluding hydrogens is 376 g/mol. The number of nitrogens with zero attached hydrogens (tertiary/aromatic N) is 4. The van der Waals surface area contributed by atoms with Crippen molar-refractivity contribution in [3.8, 4) is 0 Å². The first-order chi connectivity index (χ1) is 12.8. The minimum absolute atomic E-state index is 0.561. The third kappa shape index (κ3) is 15.7. The lowest BCUT2D eigenvalue weighted by atomic mass is 10.2. The molecule has 0 aliphatic rings. The molecule has 0 aromatic carbocycles. The molecule has 0 rings (SSSR count). The van der Waals surface area contributed by atoms with E-state index >= 15 is 0 Å². The molecule has 26 heavy (non-hydrogen) atoms. The molecule has 0 aliphatic heterocycles. The third-order valence-corrected chi connectivity index (χ3v) is 5.85. The van der Waals surface area contributed by atoms with E-state index in [-0.39, 0.29) is 0 Å². The molecule has 0 radical (unpaired) electrons. The molecule has 0 unspecified atom stereocenters. The van der Waals surface area contributed by atoms with Gasteiger partial charge in [0.15, 0.2) is 12.3 Å². The molecule has 0 aromatic heterocycles. The largest absolute Gasteiger partial charge is 0.237 e. The molecule has 8 nitrogen and oxygen atoms in total. The molecule has 0 atom stereocenters. The van der Waals surface area contributed by atoms with Crippen LogP contribution >= 0.6 is 21.6 Å². The van der Waals surface area contributed by atoms with Crippen LogP contribution in [0.4, 0.5) is 0 Å². The van der Waals surface area contributed by atoms with E-state index < -0.39 is 12.3 Å². The van der Waals surface area contributed by atoms with Gasteiger partial charge in [-0.2, -0.15) is 20.0 Å². The Hall–Kier alpha value is -1.78. The topological polar surface area (TPSA) is 118 Å². The minimum atomic E-state index is -0.638. The second kappa shape index (κ2) is 19.5. The first-order valence-electron chi connectivity index (χ1n) is 8.30. The van der Waals surface area contributed by atoms with Crippen molar-refractivity contribution in [2.45, 2.75) is 63.7 Å². The summed E-state index contributed by atoms with van der Waals surface area (Å²) in [5.74, 6) is 2.07. The van der Waals surface area contributed by atoms with Gasteiger partial charge in [-0.25, -0.2) is 19.2 Å². The normalized spacial score (nSPS) is 11.8. The molecule has 0 saturated heterocycles. The van der Waals surface area contributed by atoms with Gasteiger partial charge in [-0.1, -0.05) is 34.4 Å². The van der Waals surface area contributed by atoms with E-state index in [1.165, 1.54) is 24.3 Å². The highest BCUT2D eigenvalue weighted by molar-refractivity contribution is 8.76. The van der Waals surface area contributed by atoms with E-state index in [9.17, 15) is 19.2 Å². The highest BCUT2D eigenvalue weighted by Crippen LogP contribution is 2.24. The fourth-order valence-electron chi connectivity index (χ4n) is 2.01. The van der Waals surface area contributed by atoms with Crippen molar-refractivity contribution in [2.75, 3.05) is 11.5 Å². The Labute approximate surface area is 160 Å². The summed E-state index contributed by atoms with van der Waals surface area (Å²) in [5.41, 5.74) is 0. The molecular formula is C16H22N4O4S2. The van der Waals surface area contributed by atoms with Crippen LogP contribution in [0, 0.1) is 0 Å². The predicted octanol–water partition coefficient (Wildman–Crippen LogP) is 3.48. The summed E-state index contributed by atoms with van der Waals surface area (Å²) in [5, 5.41) is 0. The van der Waals surface area contributed by atoms with Crippen LogP contribution in [0.3, 0.4) is 0 Å². The van der Waals surface area contributed by atoms with Crippen LogP contribution in [0.25, 0.3) is 0 Å². The Balaban J connectivity index is 3.48. The van der Waals surface area contributed by atoms with Crippen molar-refractivity contribution in [3.63, 3.8) is 0 Å². The number of hydrogen-bond donors (Lipinski definition) is 0. The number of rotatable bonds is 17. The Morgan fingerprint density at radius 2 is 0.885 bits per heavy atom. The average Bonchev–Trinajstić information content (AvgIpc) is 2.63. The molecule has 0 aliphatic carbocycles. The molecule has 0 spiro atoms. The SMILES string of the molecule is O=C=NC(CCCCCSSCCCCCC(N=C=O)N=C=O)N=C=O. The first-order valence-corrected chi connectivity index (χ1v) is 10.8. The molecule has 0 amide bonds. The van der Waals surface area contributed by atoms with Crippen LogP contribution in [0.1, 0.15) is 51.4 Å². The van der Waals surface area contributed by atoms with Crippen LogP contribution in [0.15, 0.2) is 20.0 Å². The lowest BCUT2D eigenvalue weighted by molar-refractivity contribution is 0.530. The Morgan fingerprint density at radius 3 is 1.19 bits per heavy atom. The maximum Gasteiger partial charge on any atom is 0.237 e. The van der Waals surface area contributed by atoms with Gasteiger partial charge in [0, 0.05) is 11.5 Å². The van der Waals surface area contributed by atoms with E-state index in [2.05, 4.69) is 20.0 Å². The minimum Gasteiger partial charge on any atom is -0.211 e. The van der Waals surface area contributed by atoms with Crippen molar-refractivity contribution in [2.24, 2.45) is 20.0 Å². The number of carbonyl (C=O) groups excluding carboxylic acids is 4. The zero-order valence-electron chi connectivity index (χ0n) is 14.5. The van der Waals surface area contributed by atoms with E-state index in [0.717, 1.165) is 50.0 Å². The summed E-state index contributed by atoms with van der Waals surface area (Å²) in [7, 11) is 3.64. The van der Waals surface area contributed by atoms with E-state index in [4.69, 9.17) is 0 Å².